The quantitative estimate of drug-likeness (QED) is 0.766. The Hall–Kier alpha value is -1.34. The van der Waals surface area contributed by atoms with Crippen molar-refractivity contribution < 1.29 is 29.3 Å². The second-order valence-electron chi connectivity index (χ2n) is 6.56. The number of likely N-dealkylation sites (tertiary alicyclic amines) is 1. The zero-order chi connectivity index (χ0) is 15.2. The number of aliphatic carboxylic acids is 1. The number of aliphatic hydroxyl groups is 1. The minimum absolute atomic E-state index is 0.0124. The van der Waals surface area contributed by atoms with Gasteiger partial charge in [0.15, 0.2) is 0 Å². The predicted octanol–water partition coefficient (Wildman–Crippen LogP) is 0.460. The summed E-state index contributed by atoms with van der Waals surface area (Å²) in [6, 6.07) is 0. The van der Waals surface area contributed by atoms with Crippen LogP contribution in [-0.2, 0) is 14.3 Å². The number of rotatable bonds is 2. The van der Waals surface area contributed by atoms with Crippen molar-refractivity contribution in [2.75, 3.05) is 26.3 Å². The van der Waals surface area contributed by atoms with Crippen LogP contribution in [0.2, 0.25) is 0 Å². The molecule has 1 amide bonds. The molecule has 114 valence electrons. The molecule has 7 nitrogen and oxygen atoms in total. The molecule has 2 aliphatic rings. The number of carboxylic acids is 1. The summed E-state index contributed by atoms with van der Waals surface area (Å²) in [6.45, 7) is 5.43. The summed E-state index contributed by atoms with van der Waals surface area (Å²) in [5.74, 6) is -1.11. The van der Waals surface area contributed by atoms with Gasteiger partial charge in [-0.2, -0.15) is 0 Å². The molecule has 0 radical (unpaired) electrons. The Labute approximate surface area is 117 Å². The highest BCUT2D eigenvalue weighted by atomic mass is 16.6. The van der Waals surface area contributed by atoms with Crippen molar-refractivity contribution in [2.24, 2.45) is 5.41 Å². The number of carbonyl (C=O) groups excluding carboxylic acids is 1. The molecule has 7 heteroatoms. The summed E-state index contributed by atoms with van der Waals surface area (Å²) in [4.78, 5) is 24.7. The Bertz CT molecular complexity index is 415. The first-order chi connectivity index (χ1) is 9.10. The molecule has 0 bridgehead atoms. The van der Waals surface area contributed by atoms with E-state index in [0.717, 1.165) is 0 Å². The average Bonchev–Trinajstić information content (AvgIpc) is 2.60. The third-order valence-corrected chi connectivity index (χ3v) is 3.87. The van der Waals surface area contributed by atoms with Crippen LogP contribution in [0.5, 0.6) is 0 Å². The van der Waals surface area contributed by atoms with E-state index in [9.17, 15) is 19.8 Å². The third kappa shape index (κ3) is 2.35. The first-order valence-electron chi connectivity index (χ1n) is 6.61. The fourth-order valence-corrected chi connectivity index (χ4v) is 2.62. The lowest BCUT2D eigenvalue weighted by molar-refractivity contribution is -0.194. The first kappa shape index (κ1) is 15.1. The van der Waals surface area contributed by atoms with Crippen molar-refractivity contribution in [3.05, 3.63) is 0 Å². The van der Waals surface area contributed by atoms with Crippen LogP contribution in [0.3, 0.4) is 0 Å². The Kier molecular flexibility index (Phi) is 3.46. The smallest absolute Gasteiger partial charge is 0.410 e. The van der Waals surface area contributed by atoms with Crippen LogP contribution >= 0.6 is 0 Å². The van der Waals surface area contributed by atoms with Crippen molar-refractivity contribution in [3.63, 3.8) is 0 Å². The fourth-order valence-electron chi connectivity index (χ4n) is 2.62. The third-order valence-electron chi connectivity index (χ3n) is 3.87. The highest BCUT2D eigenvalue weighted by Crippen LogP contribution is 2.45. The van der Waals surface area contributed by atoms with Gasteiger partial charge in [-0.05, 0) is 20.8 Å². The van der Waals surface area contributed by atoms with Crippen LogP contribution in [0.1, 0.15) is 27.2 Å². The molecule has 20 heavy (non-hydrogen) atoms. The number of amides is 1. The lowest BCUT2D eigenvalue weighted by atomic mass is 9.66. The van der Waals surface area contributed by atoms with E-state index in [0.29, 0.717) is 6.61 Å². The molecule has 0 aromatic carbocycles. The summed E-state index contributed by atoms with van der Waals surface area (Å²) in [5.41, 5.74) is -3.41. The maximum Gasteiger partial charge on any atom is 0.410 e. The van der Waals surface area contributed by atoms with Gasteiger partial charge < -0.3 is 24.6 Å². The minimum atomic E-state index is -1.42. The Morgan fingerprint density at radius 3 is 2.30 bits per heavy atom. The van der Waals surface area contributed by atoms with Gasteiger partial charge in [-0.1, -0.05) is 0 Å². The standard InChI is InChI=1S/C13H21NO6/c1-11(2,3)20-10(17)14-6-12(7-14,9(15)16)13(18)4-5-19-8-13/h18H,4-8H2,1-3H3,(H,15,16). The van der Waals surface area contributed by atoms with E-state index in [-0.39, 0.29) is 26.1 Å². The molecular formula is C13H21NO6. The maximum absolute atomic E-state index is 11.9. The van der Waals surface area contributed by atoms with E-state index < -0.39 is 28.7 Å². The van der Waals surface area contributed by atoms with E-state index in [2.05, 4.69) is 0 Å². The van der Waals surface area contributed by atoms with Gasteiger partial charge >= 0.3 is 12.1 Å². The summed E-state index contributed by atoms with van der Waals surface area (Å²) in [7, 11) is 0. The highest BCUT2D eigenvalue weighted by molar-refractivity contribution is 5.82. The number of hydrogen-bond acceptors (Lipinski definition) is 5. The van der Waals surface area contributed by atoms with E-state index >= 15 is 0 Å². The molecule has 0 spiro atoms. The van der Waals surface area contributed by atoms with Crippen LogP contribution < -0.4 is 0 Å². The lowest BCUT2D eigenvalue weighted by Crippen LogP contribution is -2.72. The molecule has 0 aliphatic carbocycles. The molecule has 0 aromatic heterocycles. The topological polar surface area (TPSA) is 96.3 Å². The highest BCUT2D eigenvalue weighted by Gasteiger charge is 2.65. The van der Waals surface area contributed by atoms with E-state index in [1.165, 1.54) is 4.90 Å². The van der Waals surface area contributed by atoms with Crippen LogP contribution in [0, 0.1) is 5.41 Å². The Balaban J connectivity index is 2.07. The van der Waals surface area contributed by atoms with Crippen LogP contribution in [0.4, 0.5) is 4.79 Å². The number of nitrogens with zero attached hydrogens (tertiary/aromatic N) is 1. The van der Waals surface area contributed by atoms with Crippen LogP contribution in [0.25, 0.3) is 0 Å². The van der Waals surface area contributed by atoms with Gasteiger partial charge in [0.1, 0.15) is 16.6 Å². The van der Waals surface area contributed by atoms with Crippen LogP contribution in [0.15, 0.2) is 0 Å². The monoisotopic (exact) mass is 287 g/mol. The normalized spacial score (nSPS) is 28.9. The number of hydrogen-bond donors (Lipinski definition) is 2. The second kappa shape index (κ2) is 4.60. The maximum atomic E-state index is 11.9. The summed E-state index contributed by atoms with van der Waals surface area (Å²) >= 11 is 0. The Morgan fingerprint density at radius 1 is 1.30 bits per heavy atom. The van der Waals surface area contributed by atoms with Crippen molar-refractivity contribution in [3.8, 4) is 0 Å². The molecular weight excluding hydrogens is 266 g/mol. The summed E-state index contributed by atoms with van der Waals surface area (Å²) in [6.07, 6.45) is -0.293. The second-order valence-corrected chi connectivity index (χ2v) is 6.56. The lowest BCUT2D eigenvalue weighted by Gasteiger charge is -2.53. The molecule has 1 unspecified atom stereocenters. The molecule has 0 saturated carbocycles. The SMILES string of the molecule is CC(C)(C)OC(=O)N1CC(C(=O)O)(C2(O)CCOC2)C1. The van der Waals surface area contributed by atoms with Crippen molar-refractivity contribution in [2.45, 2.75) is 38.4 Å². The van der Waals surface area contributed by atoms with Gasteiger partial charge in [-0.15, -0.1) is 0 Å². The van der Waals surface area contributed by atoms with Crippen molar-refractivity contribution in [1.82, 2.24) is 4.90 Å². The molecule has 2 fully saturated rings. The largest absolute Gasteiger partial charge is 0.481 e. The molecule has 2 aliphatic heterocycles. The van der Waals surface area contributed by atoms with Crippen molar-refractivity contribution >= 4 is 12.1 Å². The van der Waals surface area contributed by atoms with E-state index in [1.807, 2.05) is 0 Å². The molecule has 2 saturated heterocycles. The molecule has 2 N–H and O–H groups in total. The van der Waals surface area contributed by atoms with E-state index in [4.69, 9.17) is 9.47 Å². The van der Waals surface area contributed by atoms with E-state index in [1.54, 1.807) is 20.8 Å². The predicted molar refractivity (Wildman–Crippen MR) is 68.3 cm³/mol. The minimum Gasteiger partial charge on any atom is -0.481 e. The van der Waals surface area contributed by atoms with Gasteiger partial charge in [0.05, 0.1) is 6.61 Å². The molecule has 0 aromatic rings. The van der Waals surface area contributed by atoms with Gasteiger partial charge in [0, 0.05) is 26.1 Å². The first-order valence-corrected chi connectivity index (χ1v) is 6.61. The van der Waals surface area contributed by atoms with Crippen LogP contribution in [-0.4, -0.2) is 64.7 Å². The fraction of sp³-hybridized carbons (Fsp3) is 0.846. The van der Waals surface area contributed by atoms with Gasteiger partial charge in [-0.3, -0.25) is 4.79 Å². The zero-order valence-electron chi connectivity index (χ0n) is 12.0. The average molecular weight is 287 g/mol. The molecule has 2 heterocycles. The Morgan fingerprint density at radius 2 is 1.90 bits per heavy atom. The van der Waals surface area contributed by atoms with Gasteiger partial charge in [0.2, 0.25) is 0 Å². The zero-order valence-corrected chi connectivity index (χ0v) is 12.0. The number of carboxylic acid groups (broad SMARTS) is 1. The summed E-state index contributed by atoms with van der Waals surface area (Å²) in [5, 5.41) is 19.9. The summed E-state index contributed by atoms with van der Waals surface area (Å²) < 4.78 is 10.3. The molecule has 2 rings (SSSR count). The van der Waals surface area contributed by atoms with Gasteiger partial charge in [0.25, 0.3) is 0 Å². The van der Waals surface area contributed by atoms with Gasteiger partial charge in [-0.25, -0.2) is 4.79 Å². The molecule has 1 atom stereocenters. The number of ether oxygens (including phenoxy) is 2. The van der Waals surface area contributed by atoms with Crippen molar-refractivity contribution in [1.29, 1.82) is 0 Å². The number of carbonyl (C=O) groups is 2.